The van der Waals surface area contributed by atoms with E-state index in [1.807, 2.05) is 0 Å². The lowest BCUT2D eigenvalue weighted by Crippen LogP contribution is -2.04. The smallest absolute Gasteiger partial charge is 0.311 e. The van der Waals surface area contributed by atoms with E-state index in [0.717, 1.165) is 5.56 Å². The van der Waals surface area contributed by atoms with Crippen LogP contribution in [0.1, 0.15) is 5.89 Å². The first-order valence-electron chi connectivity index (χ1n) is 6.30. The van der Waals surface area contributed by atoms with Crippen molar-refractivity contribution in [2.75, 3.05) is 5.32 Å². The molecule has 3 rings (SSSR count). The topological polar surface area (TPSA) is 120 Å². The van der Waals surface area contributed by atoms with E-state index in [2.05, 4.69) is 25.4 Å². The Balaban J connectivity index is 1.73. The summed E-state index contributed by atoms with van der Waals surface area (Å²) in [5.41, 5.74) is 0.658. The van der Waals surface area contributed by atoms with Crippen LogP contribution in [0.25, 0.3) is 11.4 Å². The van der Waals surface area contributed by atoms with Gasteiger partial charge in [-0.15, -0.1) is 0 Å². The van der Waals surface area contributed by atoms with Gasteiger partial charge >= 0.3 is 5.69 Å². The van der Waals surface area contributed by atoms with Crippen molar-refractivity contribution in [3.8, 4) is 11.4 Å². The number of hydrogen-bond donors (Lipinski definition) is 1. The highest BCUT2D eigenvalue weighted by molar-refractivity contribution is 5.55. The molecule has 0 bridgehead atoms. The first kappa shape index (κ1) is 13.6. The highest BCUT2D eigenvalue weighted by atomic mass is 16.6. The molecule has 0 aliphatic heterocycles. The molecule has 0 fully saturated rings. The van der Waals surface area contributed by atoms with Crippen LogP contribution >= 0.6 is 0 Å². The zero-order valence-electron chi connectivity index (χ0n) is 11.2. The molecule has 0 aliphatic carbocycles. The zero-order valence-corrected chi connectivity index (χ0v) is 11.2. The van der Waals surface area contributed by atoms with Crippen LogP contribution in [0, 0.1) is 10.1 Å². The molecule has 22 heavy (non-hydrogen) atoms. The summed E-state index contributed by atoms with van der Waals surface area (Å²) in [6.07, 6.45) is 4.72. The Bertz CT molecular complexity index is 789. The maximum Gasteiger partial charge on any atom is 0.311 e. The predicted octanol–water partition coefficient (Wildman–Crippen LogP) is 2.05. The average molecular weight is 298 g/mol. The van der Waals surface area contributed by atoms with E-state index in [9.17, 15) is 10.1 Å². The van der Waals surface area contributed by atoms with Gasteiger partial charge in [-0.3, -0.25) is 15.1 Å². The number of nitrogens with one attached hydrogen (secondary N) is 1. The fourth-order valence-corrected chi connectivity index (χ4v) is 1.78. The second-order valence-electron chi connectivity index (χ2n) is 4.23. The molecule has 0 radical (unpaired) electrons. The number of anilines is 1. The van der Waals surface area contributed by atoms with Crippen molar-refractivity contribution in [3.63, 3.8) is 0 Å². The van der Waals surface area contributed by atoms with Crippen molar-refractivity contribution in [1.29, 1.82) is 0 Å². The maximum atomic E-state index is 10.9. The van der Waals surface area contributed by atoms with Gasteiger partial charge in [-0.05, 0) is 18.2 Å². The van der Waals surface area contributed by atoms with Gasteiger partial charge in [0.2, 0.25) is 17.5 Å². The van der Waals surface area contributed by atoms with Crippen LogP contribution < -0.4 is 5.32 Å². The molecule has 1 N–H and O–H groups in total. The normalized spacial score (nSPS) is 10.4. The highest BCUT2D eigenvalue weighted by Gasteiger charge is 2.15. The summed E-state index contributed by atoms with van der Waals surface area (Å²) in [5.74, 6) is 0.873. The minimum atomic E-state index is -0.508. The predicted molar refractivity (Wildman–Crippen MR) is 75.7 cm³/mol. The zero-order chi connectivity index (χ0) is 15.4. The van der Waals surface area contributed by atoms with Crippen LogP contribution in [0.3, 0.4) is 0 Å². The Morgan fingerprint density at radius 2 is 2.05 bits per heavy atom. The van der Waals surface area contributed by atoms with Crippen LogP contribution in [-0.2, 0) is 6.54 Å². The molecular weight excluding hydrogens is 288 g/mol. The highest BCUT2D eigenvalue weighted by Crippen LogP contribution is 2.21. The van der Waals surface area contributed by atoms with Gasteiger partial charge in [0.25, 0.3) is 0 Å². The molecule has 0 saturated carbocycles. The standard InChI is InChI=1S/C13H10N6O3/c20-19(21)10-2-1-5-15-13(10)16-8-11-17-12(18-22-11)9-3-6-14-7-4-9/h1-7H,8H2,(H,15,16). The first-order chi connectivity index (χ1) is 10.7. The molecule has 0 unspecified atom stereocenters. The van der Waals surface area contributed by atoms with Crippen molar-refractivity contribution in [2.45, 2.75) is 6.54 Å². The lowest BCUT2D eigenvalue weighted by molar-refractivity contribution is -0.384. The molecule has 0 spiro atoms. The number of aromatic nitrogens is 4. The molecule has 9 nitrogen and oxygen atoms in total. The molecule has 0 aliphatic rings. The second-order valence-corrected chi connectivity index (χ2v) is 4.23. The minimum absolute atomic E-state index is 0.114. The van der Waals surface area contributed by atoms with E-state index >= 15 is 0 Å². The fraction of sp³-hybridized carbons (Fsp3) is 0.0769. The maximum absolute atomic E-state index is 10.9. The van der Waals surface area contributed by atoms with Gasteiger partial charge in [0.15, 0.2) is 0 Å². The molecule has 0 aromatic carbocycles. The number of nitro groups is 1. The third kappa shape index (κ3) is 2.87. The average Bonchev–Trinajstić information content (AvgIpc) is 3.03. The summed E-state index contributed by atoms with van der Waals surface area (Å²) >= 11 is 0. The van der Waals surface area contributed by atoms with Crippen molar-refractivity contribution in [2.24, 2.45) is 0 Å². The van der Waals surface area contributed by atoms with Gasteiger partial charge in [0, 0.05) is 30.2 Å². The molecule has 3 aromatic heterocycles. The van der Waals surface area contributed by atoms with Gasteiger partial charge < -0.3 is 9.84 Å². The number of hydrogen-bond acceptors (Lipinski definition) is 8. The Morgan fingerprint density at radius 1 is 1.23 bits per heavy atom. The molecule has 9 heteroatoms. The van der Waals surface area contributed by atoms with E-state index in [-0.39, 0.29) is 18.1 Å². The monoisotopic (exact) mass is 298 g/mol. The second kappa shape index (κ2) is 5.95. The number of pyridine rings is 2. The summed E-state index contributed by atoms with van der Waals surface area (Å²) in [6, 6.07) is 6.38. The van der Waals surface area contributed by atoms with E-state index in [1.165, 1.54) is 18.3 Å². The van der Waals surface area contributed by atoms with Crippen molar-refractivity contribution in [1.82, 2.24) is 20.1 Å². The molecule has 0 saturated heterocycles. The minimum Gasteiger partial charge on any atom is -0.355 e. The summed E-state index contributed by atoms with van der Waals surface area (Å²) in [5, 5.41) is 17.6. The quantitative estimate of drug-likeness (QED) is 0.561. The van der Waals surface area contributed by atoms with Crippen molar-refractivity contribution >= 4 is 11.5 Å². The summed E-state index contributed by atoms with van der Waals surface area (Å²) in [4.78, 5) is 22.4. The molecule has 3 heterocycles. The van der Waals surface area contributed by atoms with Gasteiger partial charge in [-0.1, -0.05) is 5.16 Å². The molecule has 110 valence electrons. The Hall–Kier alpha value is -3.36. The van der Waals surface area contributed by atoms with Crippen LogP contribution in [0.5, 0.6) is 0 Å². The third-order valence-corrected chi connectivity index (χ3v) is 2.80. The van der Waals surface area contributed by atoms with Crippen molar-refractivity contribution in [3.05, 3.63) is 58.9 Å². The van der Waals surface area contributed by atoms with Gasteiger partial charge in [-0.2, -0.15) is 4.98 Å². The van der Waals surface area contributed by atoms with Crippen LogP contribution in [0.4, 0.5) is 11.5 Å². The Labute approximate surface area is 124 Å². The van der Waals surface area contributed by atoms with Crippen molar-refractivity contribution < 1.29 is 9.45 Å². The molecule has 3 aromatic rings. The van der Waals surface area contributed by atoms with Crippen LogP contribution in [-0.4, -0.2) is 25.0 Å². The van der Waals surface area contributed by atoms with E-state index < -0.39 is 4.92 Å². The number of nitrogens with zero attached hydrogens (tertiary/aromatic N) is 5. The Morgan fingerprint density at radius 3 is 2.82 bits per heavy atom. The third-order valence-electron chi connectivity index (χ3n) is 2.80. The van der Waals surface area contributed by atoms with Crippen LogP contribution in [0.15, 0.2) is 47.4 Å². The van der Waals surface area contributed by atoms with Gasteiger partial charge in [-0.25, -0.2) is 4.98 Å². The molecular formula is C13H10N6O3. The fourth-order valence-electron chi connectivity index (χ4n) is 1.78. The number of rotatable bonds is 5. The summed E-state index contributed by atoms with van der Waals surface area (Å²) in [6.45, 7) is 0.135. The summed E-state index contributed by atoms with van der Waals surface area (Å²) in [7, 11) is 0. The lowest BCUT2D eigenvalue weighted by atomic mass is 10.2. The largest absolute Gasteiger partial charge is 0.355 e. The van der Waals surface area contributed by atoms with Gasteiger partial charge in [0.05, 0.1) is 11.5 Å². The van der Waals surface area contributed by atoms with E-state index in [0.29, 0.717) is 11.7 Å². The SMILES string of the molecule is O=[N+]([O-])c1cccnc1NCc1nc(-c2ccncc2)no1. The van der Waals surface area contributed by atoms with Gasteiger partial charge in [0.1, 0.15) is 0 Å². The molecule has 0 amide bonds. The molecule has 0 atom stereocenters. The van der Waals surface area contributed by atoms with Crippen LogP contribution in [0.2, 0.25) is 0 Å². The Kier molecular flexibility index (Phi) is 3.69. The first-order valence-corrected chi connectivity index (χ1v) is 6.30. The summed E-state index contributed by atoms with van der Waals surface area (Å²) < 4.78 is 5.10. The van der Waals surface area contributed by atoms with E-state index in [1.54, 1.807) is 24.5 Å². The van der Waals surface area contributed by atoms with E-state index in [4.69, 9.17) is 4.52 Å². The lowest BCUT2D eigenvalue weighted by Gasteiger charge is -2.02.